The standard InChI is InChI=1S/C75H106N6O10/c1-14-15-16-37-87-68(82)54-25-31-57(32-26-54)78-75-80-73(76-55-27-21-52(22-28-55)42-62(69(83)88-64-38-48(10)17-33-58(64)44(2)3)70(84)89-65-39-49(11)18-34-59(65)45(4)5)79-74(81-75)77-56-29-23-53(24-30-56)43-63(71(85)90-66-40-50(12)19-35-60(66)46(6)7)72(86)91-67-41-51(13)20-36-61(67)47(8)9/h21-29,31-32,42-51,56,58-61,64-67H,14-20,30,33-41H2,1-13H3,(H3,76,77,78,79,80,81). The topological polar surface area (TPSA) is 206 Å². The van der Waals surface area contributed by atoms with Gasteiger partial charge in [0.05, 0.1) is 18.2 Å². The number of anilines is 5. The quantitative estimate of drug-likeness (QED) is 0.0180. The van der Waals surface area contributed by atoms with Gasteiger partial charge in [0.1, 0.15) is 35.6 Å². The summed E-state index contributed by atoms with van der Waals surface area (Å²) in [5.41, 5.74) is 2.68. The number of unbranched alkanes of at least 4 members (excludes halogenated alkanes) is 2. The third-order valence-corrected chi connectivity index (χ3v) is 20.0. The first-order valence-electron chi connectivity index (χ1n) is 34.6. The van der Waals surface area contributed by atoms with Crippen LogP contribution in [-0.2, 0) is 42.9 Å². The summed E-state index contributed by atoms with van der Waals surface area (Å²) >= 11 is 0. The lowest BCUT2D eigenvalue weighted by Gasteiger charge is -2.37. The van der Waals surface area contributed by atoms with Gasteiger partial charge in [0, 0.05) is 11.4 Å². The molecule has 1 heterocycles. The normalized spacial score (nSPS) is 26.6. The van der Waals surface area contributed by atoms with E-state index in [1.54, 1.807) is 36.4 Å². The van der Waals surface area contributed by atoms with E-state index < -0.39 is 29.8 Å². The molecule has 13 unspecified atom stereocenters. The Hall–Kier alpha value is -6.84. The highest BCUT2D eigenvalue weighted by atomic mass is 16.6. The first kappa shape index (κ1) is 70.0. The van der Waals surface area contributed by atoms with Gasteiger partial charge < -0.3 is 39.6 Å². The molecule has 16 heteroatoms. The monoisotopic (exact) mass is 1250 g/mol. The molecule has 91 heavy (non-hydrogen) atoms. The molecule has 4 fully saturated rings. The summed E-state index contributed by atoms with van der Waals surface area (Å²) in [5, 5.41) is 10.1. The second-order valence-corrected chi connectivity index (χ2v) is 28.8. The molecular formula is C75H106N6O10. The van der Waals surface area contributed by atoms with Gasteiger partial charge in [-0.3, -0.25) is 0 Å². The van der Waals surface area contributed by atoms with E-state index in [0.717, 1.165) is 96.3 Å². The maximum Gasteiger partial charge on any atom is 0.345 e. The van der Waals surface area contributed by atoms with Gasteiger partial charge in [0.2, 0.25) is 17.8 Å². The van der Waals surface area contributed by atoms with Crippen molar-refractivity contribution in [1.82, 2.24) is 15.0 Å². The molecule has 3 aromatic rings. The zero-order valence-electron chi connectivity index (χ0n) is 56.8. The van der Waals surface area contributed by atoms with E-state index in [0.29, 0.717) is 88.4 Å². The molecule has 0 spiro atoms. The number of carbonyl (C=O) groups excluding carboxylic acids is 5. The maximum absolute atomic E-state index is 14.4. The van der Waals surface area contributed by atoms with Crippen LogP contribution in [0.2, 0.25) is 0 Å². The number of esters is 5. The molecule has 0 radical (unpaired) electrons. The van der Waals surface area contributed by atoms with E-state index in [2.05, 4.69) is 106 Å². The minimum atomic E-state index is -0.668. The second-order valence-electron chi connectivity index (χ2n) is 28.8. The summed E-state index contributed by atoms with van der Waals surface area (Å²) in [7, 11) is 0. The number of hydrogen-bond acceptors (Lipinski definition) is 16. The molecule has 0 saturated heterocycles. The van der Waals surface area contributed by atoms with Crippen molar-refractivity contribution in [3.05, 3.63) is 101 Å². The fourth-order valence-electron chi connectivity index (χ4n) is 14.3. The Morgan fingerprint density at radius 2 is 0.890 bits per heavy atom. The van der Waals surface area contributed by atoms with E-state index in [1.165, 1.54) is 0 Å². The van der Waals surface area contributed by atoms with Gasteiger partial charge in [-0.25, -0.2) is 24.0 Å². The van der Waals surface area contributed by atoms with E-state index in [9.17, 15) is 24.0 Å². The number of rotatable bonds is 25. The molecule has 5 aliphatic rings. The second kappa shape index (κ2) is 33.1. The average Bonchev–Trinajstić information content (AvgIpc) is 1.44. The largest absolute Gasteiger partial charge is 0.462 e. The van der Waals surface area contributed by atoms with Crippen molar-refractivity contribution in [3.63, 3.8) is 0 Å². The Morgan fingerprint density at radius 3 is 1.26 bits per heavy atom. The highest BCUT2D eigenvalue weighted by molar-refractivity contribution is 6.18. The minimum Gasteiger partial charge on any atom is -0.462 e. The molecule has 4 saturated carbocycles. The van der Waals surface area contributed by atoms with Crippen LogP contribution in [0.1, 0.15) is 209 Å². The van der Waals surface area contributed by atoms with Crippen molar-refractivity contribution < 1.29 is 47.7 Å². The molecule has 5 aliphatic carbocycles. The minimum absolute atomic E-state index is 0.104. The zero-order valence-corrected chi connectivity index (χ0v) is 56.8. The van der Waals surface area contributed by atoms with Crippen molar-refractivity contribution in [1.29, 1.82) is 0 Å². The smallest absolute Gasteiger partial charge is 0.345 e. The van der Waals surface area contributed by atoms with Crippen molar-refractivity contribution >= 4 is 65.1 Å². The molecule has 8 rings (SSSR count). The summed E-state index contributed by atoms with van der Waals surface area (Å²) in [6, 6.07) is 13.8. The summed E-state index contributed by atoms with van der Waals surface area (Å²) < 4.78 is 30.8. The van der Waals surface area contributed by atoms with Gasteiger partial charge in [-0.05, 0) is 195 Å². The average molecular weight is 1250 g/mol. The lowest BCUT2D eigenvalue weighted by molar-refractivity contribution is -0.161. The predicted octanol–water partition coefficient (Wildman–Crippen LogP) is 16.7. The molecule has 0 bridgehead atoms. The molecule has 0 amide bonds. The summed E-state index contributed by atoms with van der Waals surface area (Å²) in [5.74, 6) is 1.21. The Bertz CT molecular complexity index is 2960. The first-order valence-corrected chi connectivity index (χ1v) is 34.6. The van der Waals surface area contributed by atoms with E-state index in [1.807, 2.05) is 42.5 Å². The lowest BCUT2D eigenvalue weighted by atomic mass is 9.75. The summed E-state index contributed by atoms with van der Waals surface area (Å²) in [6.45, 7) is 28.6. The van der Waals surface area contributed by atoms with Crippen LogP contribution in [0.5, 0.6) is 0 Å². The lowest BCUT2D eigenvalue weighted by Crippen LogP contribution is -2.39. The number of nitrogens with one attached hydrogen (secondary N) is 3. The Labute approximate surface area is 542 Å². The van der Waals surface area contributed by atoms with E-state index in [4.69, 9.17) is 38.6 Å². The third-order valence-electron chi connectivity index (χ3n) is 20.0. The van der Waals surface area contributed by atoms with Crippen LogP contribution in [0.4, 0.5) is 29.2 Å². The van der Waals surface area contributed by atoms with E-state index >= 15 is 0 Å². The van der Waals surface area contributed by atoms with Crippen molar-refractivity contribution in [2.75, 3.05) is 22.6 Å². The molecule has 13 atom stereocenters. The summed E-state index contributed by atoms with van der Waals surface area (Å²) in [6.07, 6.45) is 22.1. The zero-order chi connectivity index (χ0) is 65.5. The van der Waals surface area contributed by atoms with Gasteiger partial charge >= 0.3 is 29.8 Å². The Morgan fingerprint density at radius 1 is 0.505 bits per heavy atom. The van der Waals surface area contributed by atoms with Crippen molar-refractivity contribution in [2.24, 2.45) is 71.0 Å². The molecule has 1 aromatic heterocycles. The van der Waals surface area contributed by atoms with Crippen LogP contribution in [0, 0.1) is 71.0 Å². The number of ether oxygens (including phenoxy) is 5. The van der Waals surface area contributed by atoms with Gasteiger partial charge in [-0.2, -0.15) is 15.0 Å². The summed E-state index contributed by atoms with van der Waals surface area (Å²) in [4.78, 5) is 84.9. The molecule has 3 N–H and O–H groups in total. The fraction of sp³-hybridized carbons (Fsp3) is 0.627. The van der Waals surface area contributed by atoms with Crippen LogP contribution in [0.25, 0.3) is 6.08 Å². The van der Waals surface area contributed by atoms with Crippen molar-refractivity contribution in [3.8, 4) is 0 Å². The number of carbonyl (C=O) groups is 5. The number of aromatic nitrogens is 3. The predicted molar refractivity (Wildman–Crippen MR) is 359 cm³/mol. The van der Waals surface area contributed by atoms with Crippen LogP contribution in [-0.4, -0.2) is 81.9 Å². The highest BCUT2D eigenvalue weighted by Gasteiger charge is 2.41. The van der Waals surface area contributed by atoms with E-state index in [-0.39, 0.29) is 83.1 Å². The van der Waals surface area contributed by atoms with Crippen LogP contribution in [0.15, 0.2) is 89.6 Å². The number of hydrogen-bond donors (Lipinski definition) is 3. The van der Waals surface area contributed by atoms with Gasteiger partial charge in [-0.15, -0.1) is 0 Å². The Kier molecular flexibility index (Phi) is 25.5. The fourth-order valence-corrected chi connectivity index (χ4v) is 14.3. The molecule has 496 valence electrons. The number of nitrogens with zero attached hydrogens (tertiary/aromatic N) is 3. The molecule has 0 aliphatic heterocycles. The van der Waals surface area contributed by atoms with Gasteiger partial charge in [0.15, 0.2) is 0 Å². The van der Waals surface area contributed by atoms with Crippen LogP contribution in [0.3, 0.4) is 0 Å². The van der Waals surface area contributed by atoms with Crippen LogP contribution < -0.4 is 16.0 Å². The third kappa shape index (κ3) is 20.1. The molecule has 16 nitrogen and oxygen atoms in total. The van der Waals surface area contributed by atoms with Gasteiger partial charge in [0.25, 0.3) is 0 Å². The maximum atomic E-state index is 14.4. The Balaban J connectivity index is 1.05. The highest BCUT2D eigenvalue weighted by Crippen LogP contribution is 2.41. The first-order chi connectivity index (χ1) is 43.5. The molecular weight excluding hydrogens is 1140 g/mol. The number of allylic oxidation sites excluding steroid dienone is 3. The number of benzene rings is 2. The molecule has 2 aromatic carbocycles. The van der Waals surface area contributed by atoms with Crippen molar-refractivity contribution in [2.45, 2.75) is 223 Å². The van der Waals surface area contributed by atoms with Crippen LogP contribution >= 0.6 is 0 Å². The van der Waals surface area contributed by atoms with Gasteiger partial charge in [-0.1, -0.05) is 159 Å². The SMILES string of the molecule is CCCCCOC(=O)c1ccc(Nc2nc(Nc3ccc(C=C(C(=O)OC4CC(C)CCC4C(C)C)C(=O)OC4CC(C)CCC4C(C)C)cc3)nc(NC3C=CC(C=C(C(=O)OC4CC(C)CCC4C(C)C)C(=O)OC4CC(C)CCC4C(C)C)=CC3)n2)cc1.